The molecule has 1 saturated heterocycles. The molecule has 0 unspecified atom stereocenters. The summed E-state index contributed by atoms with van der Waals surface area (Å²) in [5.74, 6) is 0.880. The molecular weight excluding hydrogens is 210 g/mol. The van der Waals surface area contributed by atoms with Gasteiger partial charge in [0.25, 0.3) is 0 Å². The second kappa shape index (κ2) is 4.81. The van der Waals surface area contributed by atoms with Gasteiger partial charge in [0.05, 0.1) is 12.0 Å². The van der Waals surface area contributed by atoms with E-state index in [2.05, 4.69) is 42.3 Å². The first-order valence-electron chi connectivity index (χ1n) is 6.64. The van der Waals surface area contributed by atoms with Crippen LogP contribution in [0.3, 0.4) is 0 Å². The molecule has 0 spiro atoms. The average molecular weight is 235 g/mol. The number of nitrogens with zero attached hydrogens (tertiary/aromatic N) is 3. The topological polar surface area (TPSA) is 21.1 Å². The number of aromatic nitrogens is 2. The molecule has 2 rings (SSSR count). The smallest absolute Gasteiger partial charge is 0.0945 e. The summed E-state index contributed by atoms with van der Waals surface area (Å²) in [5, 5.41) is 0. The van der Waals surface area contributed by atoms with Crippen molar-refractivity contribution in [1.29, 1.82) is 0 Å². The highest BCUT2D eigenvalue weighted by atomic mass is 15.2. The number of likely N-dealkylation sites (tertiary alicyclic amines) is 1. The number of imidazole rings is 1. The summed E-state index contributed by atoms with van der Waals surface area (Å²) < 4.78 is 2.12. The highest BCUT2D eigenvalue weighted by molar-refractivity contribution is 4.97. The van der Waals surface area contributed by atoms with Crippen LogP contribution in [0.2, 0.25) is 0 Å². The van der Waals surface area contributed by atoms with E-state index in [1.807, 2.05) is 12.5 Å². The van der Waals surface area contributed by atoms with Gasteiger partial charge in [-0.1, -0.05) is 20.8 Å². The summed E-state index contributed by atoms with van der Waals surface area (Å²) in [4.78, 5) is 6.73. The van der Waals surface area contributed by atoms with Crippen LogP contribution in [0.4, 0.5) is 0 Å². The Labute approximate surface area is 105 Å². The van der Waals surface area contributed by atoms with E-state index in [0.29, 0.717) is 5.41 Å². The molecule has 0 bridgehead atoms. The highest BCUT2D eigenvalue weighted by Crippen LogP contribution is 2.34. The fourth-order valence-electron chi connectivity index (χ4n) is 2.72. The van der Waals surface area contributed by atoms with Crippen LogP contribution in [0.15, 0.2) is 12.5 Å². The summed E-state index contributed by atoms with van der Waals surface area (Å²) in [6, 6.07) is 0. The van der Waals surface area contributed by atoms with E-state index in [0.717, 1.165) is 12.5 Å². The van der Waals surface area contributed by atoms with Crippen molar-refractivity contribution in [3.05, 3.63) is 18.2 Å². The zero-order valence-electron chi connectivity index (χ0n) is 11.6. The lowest BCUT2D eigenvalue weighted by molar-refractivity contribution is 0.106. The quantitative estimate of drug-likeness (QED) is 0.786. The van der Waals surface area contributed by atoms with Gasteiger partial charge in [-0.05, 0) is 37.3 Å². The molecule has 2 heterocycles. The van der Waals surface area contributed by atoms with E-state index in [-0.39, 0.29) is 0 Å². The molecule has 17 heavy (non-hydrogen) atoms. The molecule has 0 atom stereocenters. The van der Waals surface area contributed by atoms with E-state index < -0.39 is 0 Å². The SMILES string of the molecule is Cn1cncc1CN1CCC(C(C)(C)C)CC1. The van der Waals surface area contributed by atoms with Crippen LogP contribution in [0.25, 0.3) is 0 Å². The molecule has 1 aromatic heterocycles. The molecule has 0 saturated carbocycles. The van der Waals surface area contributed by atoms with Crippen LogP contribution in [-0.4, -0.2) is 27.5 Å². The number of hydrogen-bond acceptors (Lipinski definition) is 2. The maximum absolute atomic E-state index is 4.18. The fourth-order valence-corrected chi connectivity index (χ4v) is 2.72. The van der Waals surface area contributed by atoms with Gasteiger partial charge in [-0.3, -0.25) is 4.90 Å². The number of aryl methyl sites for hydroxylation is 1. The second-order valence-electron chi connectivity index (χ2n) is 6.41. The maximum atomic E-state index is 4.18. The van der Waals surface area contributed by atoms with Gasteiger partial charge >= 0.3 is 0 Å². The first-order valence-corrected chi connectivity index (χ1v) is 6.64. The van der Waals surface area contributed by atoms with Crippen LogP contribution in [0, 0.1) is 11.3 Å². The lowest BCUT2D eigenvalue weighted by atomic mass is 9.75. The van der Waals surface area contributed by atoms with Crippen molar-refractivity contribution < 1.29 is 0 Å². The third kappa shape index (κ3) is 3.09. The van der Waals surface area contributed by atoms with E-state index in [1.165, 1.54) is 31.6 Å². The van der Waals surface area contributed by atoms with Gasteiger partial charge < -0.3 is 4.57 Å². The van der Waals surface area contributed by atoms with Gasteiger partial charge in [0.15, 0.2) is 0 Å². The van der Waals surface area contributed by atoms with E-state index >= 15 is 0 Å². The van der Waals surface area contributed by atoms with Crippen LogP contribution in [-0.2, 0) is 13.6 Å². The molecule has 1 aliphatic rings. The molecule has 3 heteroatoms. The minimum absolute atomic E-state index is 0.471. The van der Waals surface area contributed by atoms with Crippen LogP contribution >= 0.6 is 0 Å². The normalized spacial score (nSPS) is 19.8. The molecular formula is C14H25N3. The molecule has 0 N–H and O–H groups in total. The third-order valence-corrected chi connectivity index (χ3v) is 4.11. The van der Waals surface area contributed by atoms with Gasteiger partial charge in [-0.2, -0.15) is 0 Å². The minimum atomic E-state index is 0.471. The number of hydrogen-bond donors (Lipinski definition) is 0. The molecule has 1 aromatic rings. The largest absolute Gasteiger partial charge is 0.337 e. The molecule has 0 aliphatic carbocycles. The lowest BCUT2D eigenvalue weighted by Gasteiger charge is -2.38. The van der Waals surface area contributed by atoms with Crippen molar-refractivity contribution in [2.24, 2.45) is 18.4 Å². The van der Waals surface area contributed by atoms with Crippen molar-refractivity contribution in [1.82, 2.24) is 14.5 Å². The van der Waals surface area contributed by atoms with Gasteiger partial charge in [0.1, 0.15) is 0 Å². The zero-order valence-corrected chi connectivity index (χ0v) is 11.6. The van der Waals surface area contributed by atoms with E-state index in [1.54, 1.807) is 0 Å². The Balaban J connectivity index is 1.86. The van der Waals surface area contributed by atoms with Crippen molar-refractivity contribution in [3.8, 4) is 0 Å². The van der Waals surface area contributed by atoms with Crippen LogP contribution < -0.4 is 0 Å². The molecule has 0 radical (unpaired) electrons. The van der Waals surface area contributed by atoms with Crippen LogP contribution in [0.5, 0.6) is 0 Å². The molecule has 96 valence electrons. The number of piperidine rings is 1. The van der Waals surface area contributed by atoms with Crippen molar-refractivity contribution in [2.45, 2.75) is 40.2 Å². The van der Waals surface area contributed by atoms with Crippen molar-refractivity contribution >= 4 is 0 Å². The summed E-state index contributed by atoms with van der Waals surface area (Å²) in [6.07, 6.45) is 6.54. The van der Waals surface area contributed by atoms with E-state index in [4.69, 9.17) is 0 Å². The summed E-state index contributed by atoms with van der Waals surface area (Å²) in [6.45, 7) is 10.6. The Morgan fingerprint density at radius 3 is 2.41 bits per heavy atom. The predicted octanol–water partition coefficient (Wildman–Crippen LogP) is 2.68. The van der Waals surface area contributed by atoms with Crippen molar-refractivity contribution in [3.63, 3.8) is 0 Å². The summed E-state index contributed by atoms with van der Waals surface area (Å²) in [7, 11) is 2.07. The lowest BCUT2D eigenvalue weighted by Crippen LogP contribution is -2.37. The van der Waals surface area contributed by atoms with E-state index in [9.17, 15) is 0 Å². The Hall–Kier alpha value is -0.830. The predicted molar refractivity (Wildman–Crippen MR) is 70.7 cm³/mol. The summed E-state index contributed by atoms with van der Waals surface area (Å²) >= 11 is 0. The Morgan fingerprint density at radius 2 is 1.94 bits per heavy atom. The second-order valence-corrected chi connectivity index (χ2v) is 6.41. The molecule has 1 aliphatic heterocycles. The Morgan fingerprint density at radius 1 is 1.29 bits per heavy atom. The summed E-state index contributed by atoms with van der Waals surface area (Å²) in [5.41, 5.74) is 1.79. The fraction of sp³-hybridized carbons (Fsp3) is 0.786. The minimum Gasteiger partial charge on any atom is -0.337 e. The highest BCUT2D eigenvalue weighted by Gasteiger charge is 2.28. The first-order chi connectivity index (χ1) is 7.97. The third-order valence-electron chi connectivity index (χ3n) is 4.11. The van der Waals surface area contributed by atoms with Gasteiger partial charge in [-0.15, -0.1) is 0 Å². The monoisotopic (exact) mass is 235 g/mol. The molecule has 0 aromatic carbocycles. The molecule has 1 fully saturated rings. The first kappa shape index (κ1) is 12.6. The zero-order chi connectivity index (χ0) is 12.5. The van der Waals surface area contributed by atoms with Crippen LogP contribution in [0.1, 0.15) is 39.3 Å². The van der Waals surface area contributed by atoms with Gasteiger partial charge in [-0.25, -0.2) is 4.98 Å². The average Bonchev–Trinajstić information content (AvgIpc) is 2.64. The standard InChI is InChI=1S/C14H25N3/c1-14(2,3)12-5-7-17(8-6-12)10-13-9-15-11-16(13)4/h9,11-12H,5-8,10H2,1-4H3. The van der Waals surface area contributed by atoms with Gasteiger partial charge in [0, 0.05) is 19.8 Å². The number of rotatable bonds is 2. The Kier molecular flexibility index (Phi) is 3.57. The Bertz CT molecular complexity index is 354. The van der Waals surface area contributed by atoms with Gasteiger partial charge in [0.2, 0.25) is 0 Å². The molecule has 0 amide bonds. The van der Waals surface area contributed by atoms with Crippen molar-refractivity contribution in [2.75, 3.05) is 13.1 Å². The maximum Gasteiger partial charge on any atom is 0.0945 e. The molecule has 3 nitrogen and oxygen atoms in total.